The molecule has 1 atom stereocenters. The van der Waals surface area contributed by atoms with Gasteiger partial charge in [0.15, 0.2) is 0 Å². The molecule has 24 heavy (non-hydrogen) atoms. The average Bonchev–Trinajstić information content (AvgIpc) is 3.19. The fourth-order valence-electron chi connectivity index (χ4n) is 2.79. The largest absolute Gasteiger partial charge is 0.488 e. The van der Waals surface area contributed by atoms with Crippen LogP contribution in [0.2, 0.25) is 0 Å². The van der Waals surface area contributed by atoms with Crippen molar-refractivity contribution in [2.24, 2.45) is 0 Å². The molecule has 4 bridgehead atoms. The zero-order valence-electron chi connectivity index (χ0n) is 13.6. The first-order valence-electron chi connectivity index (χ1n) is 8.13. The Balaban J connectivity index is 1.71. The second-order valence-electron chi connectivity index (χ2n) is 5.89. The van der Waals surface area contributed by atoms with Gasteiger partial charge in [-0.2, -0.15) is 10.2 Å². The normalized spacial score (nSPS) is 19.5. The number of hydrogen-bond donors (Lipinski definition) is 1. The van der Waals surface area contributed by atoms with Gasteiger partial charge in [-0.1, -0.05) is 0 Å². The molecule has 0 saturated carbocycles. The van der Waals surface area contributed by atoms with Crippen molar-refractivity contribution in [1.29, 1.82) is 0 Å². The number of aromatic amines is 1. The maximum atomic E-state index is 5.95. The topological polar surface area (TPSA) is 74.2 Å². The Morgan fingerprint density at radius 2 is 2.12 bits per heavy atom. The quantitative estimate of drug-likeness (QED) is 0.685. The first kappa shape index (κ1) is 15.2. The monoisotopic (exact) mass is 328 g/mol. The minimum Gasteiger partial charge on any atom is -0.488 e. The highest BCUT2D eigenvalue weighted by Crippen LogP contribution is 2.29. The molecule has 4 rings (SSSR count). The van der Waals surface area contributed by atoms with Crippen molar-refractivity contribution in [3.05, 3.63) is 30.6 Å². The van der Waals surface area contributed by atoms with Crippen LogP contribution in [0.5, 0.6) is 5.75 Å². The maximum absolute atomic E-state index is 5.95. The molecule has 126 valence electrons. The van der Waals surface area contributed by atoms with Crippen LogP contribution in [0.1, 0.15) is 6.92 Å². The lowest BCUT2D eigenvalue weighted by Crippen LogP contribution is -2.21. The molecule has 0 radical (unpaired) electrons. The Morgan fingerprint density at radius 1 is 1.21 bits per heavy atom. The van der Waals surface area contributed by atoms with Gasteiger partial charge in [-0.15, -0.1) is 0 Å². The van der Waals surface area contributed by atoms with E-state index in [4.69, 9.17) is 14.2 Å². The molecule has 1 aliphatic heterocycles. The summed E-state index contributed by atoms with van der Waals surface area (Å²) in [5.41, 5.74) is 2.82. The van der Waals surface area contributed by atoms with E-state index < -0.39 is 0 Å². The minimum absolute atomic E-state index is 0.0338. The molecule has 7 nitrogen and oxygen atoms in total. The SMILES string of the molecule is C[C@H]1COCCOCCn2cc(cn2)-c2n[nH]c3ccc(cc23)O1. The van der Waals surface area contributed by atoms with Crippen molar-refractivity contribution in [2.75, 3.05) is 26.4 Å². The Bertz CT molecular complexity index is 826. The molecule has 2 aromatic heterocycles. The summed E-state index contributed by atoms with van der Waals surface area (Å²) in [5, 5.41) is 12.9. The van der Waals surface area contributed by atoms with E-state index in [0.29, 0.717) is 33.0 Å². The van der Waals surface area contributed by atoms with Gasteiger partial charge < -0.3 is 14.2 Å². The number of nitrogens with zero attached hydrogens (tertiary/aromatic N) is 3. The number of H-pyrrole nitrogens is 1. The molecule has 1 aliphatic rings. The number of nitrogens with one attached hydrogen (secondary N) is 1. The van der Waals surface area contributed by atoms with Crippen LogP contribution >= 0.6 is 0 Å². The Labute approximate surface area is 139 Å². The second-order valence-corrected chi connectivity index (χ2v) is 5.89. The van der Waals surface area contributed by atoms with Crippen LogP contribution in [-0.2, 0) is 16.0 Å². The van der Waals surface area contributed by atoms with Crippen LogP contribution in [-0.4, -0.2) is 52.5 Å². The molecule has 3 aromatic rings. The van der Waals surface area contributed by atoms with Crippen molar-refractivity contribution in [1.82, 2.24) is 20.0 Å². The maximum Gasteiger partial charge on any atom is 0.120 e. The van der Waals surface area contributed by atoms with Crippen molar-refractivity contribution >= 4 is 10.9 Å². The molecule has 0 unspecified atom stereocenters. The standard InChI is InChI=1S/C17H20N4O3/c1-12-11-23-7-6-22-5-4-21-10-13(9-18-21)17-15-8-14(24-12)2-3-16(15)19-20-17/h2-3,8-10,12H,4-7,11H2,1H3,(H,19,20)/t12-/m0/s1. The summed E-state index contributed by atoms with van der Waals surface area (Å²) < 4.78 is 19.0. The molecule has 0 aliphatic carbocycles. The Kier molecular flexibility index (Phi) is 4.18. The van der Waals surface area contributed by atoms with E-state index in [0.717, 1.165) is 27.9 Å². The van der Waals surface area contributed by atoms with Crippen LogP contribution in [0, 0.1) is 0 Å². The molecule has 0 amide bonds. The second kappa shape index (κ2) is 6.62. The van der Waals surface area contributed by atoms with Crippen LogP contribution in [0.4, 0.5) is 0 Å². The van der Waals surface area contributed by atoms with Crippen molar-refractivity contribution in [2.45, 2.75) is 19.6 Å². The summed E-state index contributed by atoms with van der Waals surface area (Å²) in [6.07, 6.45) is 3.78. The van der Waals surface area contributed by atoms with E-state index in [1.807, 2.05) is 42.2 Å². The third-order valence-corrected chi connectivity index (χ3v) is 3.97. The van der Waals surface area contributed by atoms with Gasteiger partial charge in [0.2, 0.25) is 0 Å². The van der Waals surface area contributed by atoms with Gasteiger partial charge in [-0.3, -0.25) is 9.78 Å². The van der Waals surface area contributed by atoms with Gasteiger partial charge in [0, 0.05) is 17.1 Å². The summed E-state index contributed by atoms with van der Waals surface area (Å²) in [5.74, 6) is 0.803. The molecule has 0 spiro atoms. The van der Waals surface area contributed by atoms with Gasteiger partial charge in [-0.05, 0) is 25.1 Å². The van der Waals surface area contributed by atoms with Gasteiger partial charge in [0.05, 0.1) is 44.7 Å². The van der Waals surface area contributed by atoms with Crippen molar-refractivity contribution in [3.63, 3.8) is 0 Å². The highest BCUT2D eigenvalue weighted by molar-refractivity contribution is 5.93. The first-order valence-corrected chi connectivity index (χ1v) is 8.13. The lowest BCUT2D eigenvalue weighted by atomic mass is 10.1. The molecule has 1 N–H and O–H groups in total. The molecule has 1 aromatic carbocycles. The van der Waals surface area contributed by atoms with Crippen LogP contribution in [0.15, 0.2) is 30.6 Å². The zero-order chi connectivity index (χ0) is 16.4. The lowest BCUT2D eigenvalue weighted by molar-refractivity contribution is 0.0144. The zero-order valence-corrected chi connectivity index (χ0v) is 13.6. The van der Waals surface area contributed by atoms with E-state index in [1.165, 1.54) is 0 Å². The Morgan fingerprint density at radius 3 is 3.08 bits per heavy atom. The number of ether oxygens (including phenoxy) is 3. The van der Waals surface area contributed by atoms with Gasteiger partial charge >= 0.3 is 0 Å². The predicted octanol–water partition coefficient (Wildman–Crippen LogP) is 2.24. The van der Waals surface area contributed by atoms with Gasteiger partial charge in [0.25, 0.3) is 0 Å². The highest BCUT2D eigenvalue weighted by Gasteiger charge is 2.13. The molecular formula is C17H20N4O3. The molecule has 3 heterocycles. The first-order chi connectivity index (χ1) is 11.8. The number of hydrogen-bond acceptors (Lipinski definition) is 5. The van der Waals surface area contributed by atoms with Gasteiger partial charge in [0.1, 0.15) is 17.5 Å². The van der Waals surface area contributed by atoms with Crippen LogP contribution < -0.4 is 4.74 Å². The fraction of sp³-hybridized carbons (Fsp3) is 0.412. The Hall–Kier alpha value is -2.38. The lowest BCUT2D eigenvalue weighted by Gasteiger charge is -2.15. The molecule has 0 saturated heterocycles. The number of benzene rings is 1. The fourth-order valence-corrected chi connectivity index (χ4v) is 2.79. The third kappa shape index (κ3) is 3.13. The number of fused-ring (bicyclic) bond motifs is 4. The number of aromatic nitrogens is 4. The molecular weight excluding hydrogens is 308 g/mol. The summed E-state index contributed by atoms with van der Waals surface area (Å²) in [7, 11) is 0. The van der Waals surface area contributed by atoms with Crippen molar-refractivity contribution in [3.8, 4) is 17.0 Å². The predicted molar refractivity (Wildman–Crippen MR) is 89.0 cm³/mol. The molecule has 0 fully saturated rings. The van der Waals surface area contributed by atoms with E-state index >= 15 is 0 Å². The van der Waals surface area contributed by atoms with E-state index in [2.05, 4.69) is 15.3 Å². The average molecular weight is 328 g/mol. The smallest absolute Gasteiger partial charge is 0.120 e. The summed E-state index contributed by atoms with van der Waals surface area (Å²) in [6, 6.07) is 5.93. The van der Waals surface area contributed by atoms with Crippen LogP contribution in [0.3, 0.4) is 0 Å². The van der Waals surface area contributed by atoms with E-state index in [1.54, 1.807) is 0 Å². The van der Waals surface area contributed by atoms with E-state index in [-0.39, 0.29) is 6.10 Å². The molecule has 7 heteroatoms. The summed E-state index contributed by atoms with van der Waals surface area (Å²) in [6.45, 7) is 4.95. The minimum atomic E-state index is -0.0338. The van der Waals surface area contributed by atoms with Crippen molar-refractivity contribution < 1.29 is 14.2 Å². The summed E-state index contributed by atoms with van der Waals surface area (Å²) in [4.78, 5) is 0. The van der Waals surface area contributed by atoms with E-state index in [9.17, 15) is 0 Å². The highest BCUT2D eigenvalue weighted by atomic mass is 16.5. The van der Waals surface area contributed by atoms with Gasteiger partial charge in [-0.25, -0.2) is 0 Å². The van der Waals surface area contributed by atoms with Crippen LogP contribution in [0.25, 0.3) is 22.2 Å². The third-order valence-electron chi connectivity index (χ3n) is 3.97. The summed E-state index contributed by atoms with van der Waals surface area (Å²) >= 11 is 0. The number of rotatable bonds is 0.